The van der Waals surface area contributed by atoms with Gasteiger partial charge in [-0.3, -0.25) is 4.99 Å². The van der Waals surface area contributed by atoms with Gasteiger partial charge in [0.25, 0.3) is 0 Å². The van der Waals surface area contributed by atoms with Gasteiger partial charge in [-0.05, 0) is 13.8 Å². The van der Waals surface area contributed by atoms with Crippen LogP contribution in [0.25, 0.3) is 0 Å². The fraction of sp³-hybridized carbons (Fsp3) is 0.833. The zero-order valence-electron chi connectivity index (χ0n) is 7.53. The van der Waals surface area contributed by atoms with E-state index in [0.29, 0.717) is 5.84 Å². The number of aliphatic imine (C=N–C) groups is 1. The lowest BCUT2D eigenvalue weighted by Crippen LogP contribution is -2.36. The first-order valence-corrected chi connectivity index (χ1v) is 5.62. The van der Waals surface area contributed by atoms with E-state index >= 15 is 0 Å². The summed E-state index contributed by atoms with van der Waals surface area (Å²) in [5.74, 6) is 5.24. The molecular formula is C6H15N3O2S. The van der Waals surface area contributed by atoms with Crippen molar-refractivity contribution in [1.29, 1.82) is 0 Å². The van der Waals surface area contributed by atoms with Gasteiger partial charge in [-0.15, -0.1) is 0 Å². The van der Waals surface area contributed by atoms with E-state index in [4.69, 9.17) is 5.84 Å². The van der Waals surface area contributed by atoms with Crippen LogP contribution in [0.15, 0.2) is 4.99 Å². The third kappa shape index (κ3) is 6.11. The highest BCUT2D eigenvalue weighted by atomic mass is 32.2. The number of sulfone groups is 1. The summed E-state index contributed by atoms with van der Waals surface area (Å²) in [6, 6.07) is 0.0396. The van der Waals surface area contributed by atoms with Gasteiger partial charge in [0.2, 0.25) is 0 Å². The molecule has 0 heterocycles. The van der Waals surface area contributed by atoms with Crippen LogP contribution in [0.5, 0.6) is 0 Å². The summed E-state index contributed by atoms with van der Waals surface area (Å²) in [7, 11) is -3.05. The average Bonchev–Trinajstić information content (AvgIpc) is 1.82. The zero-order chi connectivity index (χ0) is 9.78. The molecule has 0 fully saturated rings. The second-order valence-electron chi connectivity index (χ2n) is 2.88. The van der Waals surface area contributed by atoms with Crippen LogP contribution >= 0.6 is 0 Å². The standard InChI is InChI=1S/C6H15N3O2S/c1-5(2)8-6(9-7)4-12(3,10)11/h5H,4,7H2,1-3H3,(H,8,9). The molecule has 5 nitrogen and oxygen atoms in total. The maximum absolute atomic E-state index is 10.8. The van der Waals surface area contributed by atoms with Crippen LogP contribution in [0.2, 0.25) is 0 Å². The number of hydrazine groups is 1. The molecule has 0 spiro atoms. The molecule has 0 saturated carbocycles. The van der Waals surface area contributed by atoms with Crippen LogP contribution in [0.1, 0.15) is 13.8 Å². The van der Waals surface area contributed by atoms with E-state index in [0.717, 1.165) is 6.26 Å². The molecule has 0 aliphatic rings. The van der Waals surface area contributed by atoms with Gasteiger partial charge >= 0.3 is 0 Å². The van der Waals surface area contributed by atoms with Crippen molar-refractivity contribution in [3.8, 4) is 0 Å². The van der Waals surface area contributed by atoms with Crippen molar-refractivity contribution >= 4 is 15.7 Å². The molecule has 0 aromatic carbocycles. The molecule has 0 unspecified atom stereocenters. The van der Waals surface area contributed by atoms with E-state index in [1.165, 1.54) is 0 Å². The SMILES string of the molecule is CC(C)N=C(CS(C)(=O)=O)NN. The van der Waals surface area contributed by atoms with Crippen molar-refractivity contribution < 1.29 is 8.42 Å². The third-order valence-electron chi connectivity index (χ3n) is 0.980. The Morgan fingerprint density at radius 3 is 2.33 bits per heavy atom. The van der Waals surface area contributed by atoms with Crippen molar-refractivity contribution in [3.63, 3.8) is 0 Å². The number of amidine groups is 1. The van der Waals surface area contributed by atoms with E-state index < -0.39 is 9.84 Å². The minimum Gasteiger partial charge on any atom is -0.311 e. The summed E-state index contributed by atoms with van der Waals surface area (Å²) in [6.45, 7) is 3.69. The Hall–Kier alpha value is -0.620. The zero-order valence-corrected chi connectivity index (χ0v) is 8.35. The Kier molecular flexibility index (Phi) is 4.19. The molecule has 0 aliphatic carbocycles. The van der Waals surface area contributed by atoms with E-state index in [2.05, 4.69) is 10.4 Å². The number of hydrogen-bond donors (Lipinski definition) is 2. The Bertz CT molecular complexity index is 256. The first kappa shape index (κ1) is 11.4. The molecular weight excluding hydrogens is 178 g/mol. The number of nitrogens with two attached hydrogens (primary N) is 1. The van der Waals surface area contributed by atoms with Crippen LogP contribution < -0.4 is 11.3 Å². The normalized spacial score (nSPS) is 13.6. The number of hydrogen-bond acceptors (Lipinski definition) is 4. The monoisotopic (exact) mass is 193 g/mol. The molecule has 6 heteroatoms. The minimum atomic E-state index is -3.05. The fourth-order valence-electron chi connectivity index (χ4n) is 0.676. The van der Waals surface area contributed by atoms with Gasteiger partial charge < -0.3 is 5.43 Å². The van der Waals surface area contributed by atoms with E-state index in [1.54, 1.807) is 0 Å². The molecule has 72 valence electrons. The van der Waals surface area contributed by atoms with Gasteiger partial charge in [-0.25, -0.2) is 14.3 Å². The van der Waals surface area contributed by atoms with Gasteiger partial charge in [-0.2, -0.15) is 0 Å². The van der Waals surface area contributed by atoms with Gasteiger partial charge in [0.15, 0.2) is 9.84 Å². The molecule has 0 amide bonds. The molecule has 0 atom stereocenters. The van der Waals surface area contributed by atoms with Gasteiger partial charge in [0, 0.05) is 12.3 Å². The first-order valence-electron chi connectivity index (χ1n) is 3.56. The van der Waals surface area contributed by atoms with Crippen molar-refractivity contribution in [2.75, 3.05) is 12.0 Å². The van der Waals surface area contributed by atoms with Crippen LogP contribution in [0.4, 0.5) is 0 Å². The van der Waals surface area contributed by atoms with Crippen molar-refractivity contribution in [3.05, 3.63) is 0 Å². The highest BCUT2D eigenvalue weighted by Crippen LogP contribution is 1.89. The Morgan fingerprint density at radius 2 is 2.08 bits per heavy atom. The topological polar surface area (TPSA) is 84.5 Å². The lowest BCUT2D eigenvalue weighted by molar-refractivity contribution is 0.605. The smallest absolute Gasteiger partial charge is 0.154 e. The summed E-state index contributed by atoms with van der Waals surface area (Å²) in [6.07, 6.45) is 1.14. The molecule has 0 aliphatic heterocycles. The summed E-state index contributed by atoms with van der Waals surface area (Å²) in [4.78, 5) is 3.98. The molecule has 0 rings (SSSR count). The second kappa shape index (κ2) is 4.42. The predicted molar refractivity (Wildman–Crippen MR) is 49.6 cm³/mol. The summed E-state index contributed by atoms with van der Waals surface area (Å²) in [5, 5.41) is 0. The van der Waals surface area contributed by atoms with Crippen molar-refractivity contribution in [2.24, 2.45) is 10.8 Å². The molecule has 0 radical (unpaired) electrons. The average molecular weight is 193 g/mol. The molecule has 3 N–H and O–H groups in total. The summed E-state index contributed by atoms with van der Waals surface area (Å²) < 4.78 is 21.6. The first-order chi connectivity index (χ1) is 5.35. The highest BCUT2D eigenvalue weighted by molar-refractivity contribution is 7.91. The molecule has 0 aromatic heterocycles. The molecule has 0 bridgehead atoms. The van der Waals surface area contributed by atoms with E-state index in [9.17, 15) is 8.42 Å². The Morgan fingerprint density at radius 1 is 1.58 bits per heavy atom. The maximum Gasteiger partial charge on any atom is 0.154 e. The number of nitrogens with one attached hydrogen (secondary N) is 1. The van der Waals surface area contributed by atoms with Crippen LogP contribution in [-0.4, -0.2) is 32.3 Å². The summed E-state index contributed by atoms with van der Waals surface area (Å²) >= 11 is 0. The van der Waals surface area contributed by atoms with Gasteiger partial charge in [0.1, 0.15) is 11.6 Å². The second-order valence-corrected chi connectivity index (χ2v) is 5.02. The largest absolute Gasteiger partial charge is 0.311 e. The Balaban J connectivity index is 4.39. The number of rotatable bonds is 3. The molecule has 12 heavy (non-hydrogen) atoms. The highest BCUT2D eigenvalue weighted by Gasteiger charge is 2.07. The maximum atomic E-state index is 10.8. The van der Waals surface area contributed by atoms with Gasteiger partial charge in [-0.1, -0.05) is 0 Å². The van der Waals surface area contributed by atoms with Crippen LogP contribution in [0, 0.1) is 0 Å². The quantitative estimate of drug-likeness (QED) is 0.269. The summed E-state index contributed by atoms with van der Waals surface area (Å²) in [5.41, 5.74) is 2.26. The Labute approximate surface area is 72.9 Å². The number of nitrogens with zero attached hydrogens (tertiary/aromatic N) is 1. The van der Waals surface area contributed by atoms with E-state index in [1.807, 2.05) is 13.8 Å². The van der Waals surface area contributed by atoms with Crippen molar-refractivity contribution in [2.45, 2.75) is 19.9 Å². The minimum absolute atomic E-state index is 0.0396. The van der Waals surface area contributed by atoms with Crippen LogP contribution in [-0.2, 0) is 9.84 Å². The fourth-order valence-corrected chi connectivity index (χ4v) is 1.33. The van der Waals surface area contributed by atoms with Crippen LogP contribution in [0.3, 0.4) is 0 Å². The third-order valence-corrected chi connectivity index (χ3v) is 1.78. The molecule has 0 saturated heterocycles. The van der Waals surface area contributed by atoms with E-state index in [-0.39, 0.29) is 11.8 Å². The van der Waals surface area contributed by atoms with Gasteiger partial charge in [0.05, 0.1) is 0 Å². The predicted octanol–water partition coefficient (Wildman–Crippen LogP) is -0.699. The lowest BCUT2D eigenvalue weighted by atomic mass is 10.4. The lowest BCUT2D eigenvalue weighted by Gasteiger charge is -2.05. The molecule has 0 aromatic rings. The van der Waals surface area contributed by atoms with Crippen molar-refractivity contribution in [1.82, 2.24) is 5.43 Å².